The topological polar surface area (TPSA) is 95.8 Å². The lowest BCUT2D eigenvalue weighted by atomic mass is 10.0. The van der Waals surface area contributed by atoms with Crippen LogP contribution in [0.15, 0.2) is 24.5 Å². The summed E-state index contributed by atoms with van der Waals surface area (Å²) in [5.74, 6) is -0.421. The van der Waals surface area contributed by atoms with E-state index in [2.05, 4.69) is 24.6 Å². The second kappa shape index (κ2) is 12.0. The summed E-state index contributed by atoms with van der Waals surface area (Å²) in [6.07, 6.45) is 9.02. The van der Waals surface area contributed by atoms with Crippen LogP contribution in [0.3, 0.4) is 0 Å². The number of fused-ring (bicyclic) bond motifs is 1. The molecule has 3 rings (SSSR count). The van der Waals surface area contributed by atoms with Crippen LogP contribution in [0.1, 0.15) is 45.4 Å². The maximum Gasteiger partial charge on any atom is 0.410 e. The Balaban J connectivity index is 1.87. The zero-order valence-electron chi connectivity index (χ0n) is 23.2. The molecule has 3 heterocycles. The zero-order valence-corrected chi connectivity index (χ0v) is 24.2. The number of hydrogen-bond donors (Lipinski definition) is 0. The van der Waals surface area contributed by atoms with Gasteiger partial charge >= 0.3 is 12.1 Å². The molecular weight excluding hydrogens is 488 g/mol. The number of ether oxygens (including phenoxy) is 3. The average molecular weight is 529 g/mol. The number of aromatic nitrogens is 3. The number of carbonyl (C=O) groups is 2. The van der Waals surface area contributed by atoms with E-state index < -0.39 is 19.6 Å². The molecule has 0 N–H and O–H groups in total. The van der Waals surface area contributed by atoms with Gasteiger partial charge in [0.05, 0.1) is 18.5 Å². The molecule has 0 atom stereocenters. The number of amides is 1. The van der Waals surface area contributed by atoms with Crippen LogP contribution in [0.25, 0.3) is 22.8 Å². The molecule has 0 unspecified atom stereocenters. The van der Waals surface area contributed by atoms with Crippen molar-refractivity contribution in [3.63, 3.8) is 0 Å². The van der Waals surface area contributed by atoms with E-state index in [0.29, 0.717) is 50.8 Å². The fraction of sp³-hybridized carbons (Fsp3) is 0.556. The number of hydrogen-bond acceptors (Lipinski definition) is 7. The van der Waals surface area contributed by atoms with Gasteiger partial charge in [0, 0.05) is 45.6 Å². The van der Waals surface area contributed by atoms with Crippen molar-refractivity contribution in [2.45, 2.75) is 72.1 Å². The minimum Gasteiger partial charge on any atom is -0.463 e. The van der Waals surface area contributed by atoms with E-state index >= 15 is 0 Å². The highest BCUT2D eigenvalue weighted by molar-refractivity contribution is 6.76. The van der Waals surface area contributed by atoms with E-state index in [1.54, 1.807) is 24.1 Å². The van der Waals surface area contributed by atoms with E-state index in [0.717, 1.165) is 22.7 Å². The Hall–Kier alpha value is -2.98. The highest BCUT2D eigenvalue weighted by Gasteiger charge is 2.25. The fourth-order valence-electron chi connectivity index (χ4n) is 3.77. The molecule has 37 heavy (non-hydrogen) atoms. The molecule has 0 spiro atoms. The van der Waals surface area contributed by atoms with Crippen molar-refractivity contribution in [2.24, 2.45) is 0 Å². The van der Waals surface area contributed by atoms with Gasteiger partial charge in [-0.15, -0.1) is 0 Å². The third-order valence-electron chi connectivity index (χ3n) is 5.69. The van der Waals surface area contributed by atoms with E-state index in [4.69, 9.17) is 19.2 Å². The predicted octanol–water partition coefficient (Wildman–Crippen LogP) is 5.34. The van der Waals surface area contributed by atoms with Crippen molar-refractivity contribution in [3.05, 3.63) is 35.8 Å². The van der Waals surface area contributed by atoms with Crippen LogP contribution in [0.4, 0.5) is 4.79 Å². The molecule has 0 fully saturated rings. The minimum absolute atomic E-state index is 0.313. The highest BCUT2D eigenvalue weighted by atomic mass is 28.3. The number of rotatable bonds is 9. The van der Waals surface area contributed by atoms with Crippen molar-refractivity contribution in [1.82, 2.24) is 19.4 Å². The van der Waals surface area contributed by atoms with Crippen molar-refractivity contribution in [3.8, 4) is 0 Å². The standard InChI is InChI=1S/C27H40N4O5Si/c1-8-35-23(32)10-9-21-17-28-25-24(29-21)22(18-31(25)19-34-15-16-37(5,6)7)20-11-13-30(14-12-20)26(33)36-27(2,3)4/h9-11,17-18H,8,12-16,19H2,1-7H3/b10-9+. The Morgan fingerprint density at radius 1 is 1.22 bits per heavy atom. The van der Waals surface area contributed by atoms with E-state index in [9.17, 15) is 9.59 Å². The second-order valence-electron chi connectivity index (χ2n) is 11.3. The molecule has 1 aliphatic rings. The van der Waals surface area contributed by atoms with Crippen LogP contribution >= 0.6 is 0 Å². The van der Waals surface area contributed by atoms with E-state index in [1.165, 1.54) is 6.08 Å². The first-order valence-electron chi connectivity index (χ1n) is 12.8. The third-order valence-corrected chi connectivity index (χ3v) is 7.40. The van der Waals surface area contributed by atoms with Crippen molar-refractivity contribution in [1.29, 1.82) is 0 Å². The molecule has 2 aromatic heterocycles. The Labute approximate surface area is 220 Å². The fourth-order valence-corrected chi connectivity index (χ4v) is 4.53. The Bertz CT molecular complexity index is 1170. The predicted molar refractivity (Wildman–Crippen MR) is 148 cm³/mol. The summed E-state index contributed by atoms with van der Waals surface area (Å²) in [7, 11) is -1.19. The zero-order chi connectivity index (χ0) is 27.2. The summed E-state index contributed by atoms with van der Waals surface area (Å²) in [6.45, 7) is 16.7. The van der Waals surface area contributed by atoms with Crippen LogP contribution in [-0.2, 0) is 25.7 Å². The molecule has 1 aliphatic heterocycles. The van der Waals surface area contributed by atoms with Gasteiger partial charge in [-0.3, -0.25) is 0 Å². The molecule has 9 nitrogen and oxygen atoms in total. The smallest absolute Gasteiger partial charge is 0.410 e. The van der Waals surface area contributed by atoms with Gasteiger partial charge in [-0.25, -0.2) is 19.6 Å². The molecule has 0 bridgehead atoms. The Morgan fingerprint density at radius 2 is 1.97 bits per heavy atom. The minimum atomic E-state index is -1.19. The summed E-state index contributed by atoms with van der Waals surface area (Å²) < 4.78 is 18.5. The normalized spacial score (nSPS) is 14.8. The maximum atomic E-state index is 12.5. The average Bonchev–Trinajstić information content (AvgIpc) is 3.17. The molecule has 0 saturated carbocycles. The lowest BCUT2D eigenvalue weighted by Crippen LogP contribution is -2.39. The first-order chi connectivity index (χ1) is 17.4. The molecule has 202 valence electrons. The van der Waals surface area contributed by atoms with Gasteiger partial charge in [-0.2, -0.15) is 0 Å². The lowest BCUT2D eigenvalue weighted by Gasteiger charge is -2.29. The van der Waals surface area contributed by atoms with Gasteiger partial charge in [0.15, 0.2) is 5.65 Å². The second-order valence-corrected chi connectivity index (χ2v) is 16.9. The van der Waals surface area contributed by atoms with Gasteiger partial charge in [-0.05, 0) is 51.8 Å². The maximum absolute atomic E-state index is 12.5. The largest absolute Gasteiger partial charge is 0.463 e. The van der Waals surface area contributed by atoms with Crippen molar-refractivity contribution < 1.29 is 23.8 Å². The van der Waals surface area contributed by atoms with Gasteiger partial charge in [-0.1, -0.05) is 25.7 Å². The summed E-state index contributed by atoms with van der Waals surface area (Å²) in [4.78, 5) is 35.4. The Kier molecular flexibility index (Phi) is 9.30. The first kappa shape index (κ1) is 28.6. The van der Waals surface area contributed by atoms with Gasteiger partial charge < -0.3 is 23.7 Å². The quantitative estimate of drug-likeness (QED) is 0.187. The monoisotopic (exact) mass is 528 g/mol. The van der Waals surface area contributed by atoms with Crippen LogP contribution in [-0.4, -0.2) is 71.5 Å². The molecule has 0 aliphatic carbocycles. The SMILES string of the molecule is CCOC(=O)/C=C/c1cnc2c(n1)c(C1=CCN(C(=O)OC(C)(C)C)CC1)cn2COCC[Si](C)(C)C. The van der Waals surface area contributed by atoms with Gasteiger partial charge in [0.2, 0.25) is 0 Å². The summed E-state index contributed by atoms with van der Waals surface area (Å²) in [6, 6.07) is 1.08. The lowest BCUT2D eigenvalue weighted by molar-refractivity contribution is -0.137. The van der Waals surface area contributed by atoms with Crippen LogP contribution in [0, 0.1) is 0 Å². The van der Waals surface area contributed by atoms with Crippen LogP contribution in [0.2, 0.25) is 25.7 Å². The van der Waals surface area contributed by atoms with Gasteiger partial charge in [0.1, 0.15) is 17.8 Å². The molecule has 0 saturated heterocycles. The molecule has 10 heteroatoms. The number of carbonyl (C=O) groups excluding carboxylic acids is 2. The Morgan fingerprint density at radius 3 is 2.59 bits per heavy atom. The summed E-state index contributed by atoms with van der Waals surface area (Å²) in [5, 5.41) is 0. The molecule has 0 radical (unpaired) electrons. The molecular formula is C27H40N4O5Si. The molecule has 2 aromatic rings. The first-order valence-corrected chi connectivity index (χ1v) is 16.5. The van der Waals surface area contributed by atoms with E-state index in [1.807, 2.05) is 37.6 Å². The summed E-state index contributed by atoms with van der Waals surface area (Å²) in [5.41, 5.74) is 3.51. The van der Waals surface area contributed by atoms with Crippen molar-refractivity contribution in [2.75, 3.05) is 26.3 Å². The highest BCUT2D eigenvalue weighted by Crippen LogP contribution is 2.30. The van der Waals surface area contributed by atoms with Crippen molar-refractivity contribution >= 4 is 42.9 Å². The number of nitrogens with zero attached hydrogens (tertiary/aromatic N) is 4. The van der Waals surface area contributed by atoms with E-state index in [-0.39, 0.29) is 6.09 Å². The van der Waals surface area contributed by atoms with Crippen LogP contribution in [0.5, 0.6) is 0 Å². The van der Waals surface area contributed by atoms with Gasteiger partial charge in [0.25, 0.3) is 0 Å². The summed E-state index contributed by atoms with van der Waals surface area (Å²) >= 11 is 0. The van der Waals surface area contributed by atoms with Crippen LogP contribution < -0.4 is 0 Å². The molecule has 1 amide bonds. The third kappa shape index (κ3) is 8.53. The number of esters is 1. The molecule has 0 aromatic carbocycles.